The normalized spacial score (nSPS) is 16.3. The van der Waals surface area contributed by atoms with Gasteiger partial charge in [0.2, 0.25) is 0 Å². The largest absolute Gasteiger partial charge is 0.485 e. The van der Waals surface area contributed by atoms with Gasteiger partial charge in [-0.1, -0.05) is 46.9 Å². The lowest BCUT2D eigenvalue weighted by molar-refractivity contribution is 0.0993. The topological polar surface area (TPSA) is 21.3 Å². The van der Waals surface area contributed by atoms with Crippen molar-refractivity contribution < 1.29 is 4.74 Å². The van der Waals surface area contributed by atoms with Crippen LogP contribution < -0.4 is 10.1 Å². The predicted octanol–water partition coefficient (Wildman–Crippen LogP) is 4.99. The number of ether oxygens (including phenoxy) is 1. The molecule has 0 unspecified atom stereocenters. The molecule has 3 rings (SSSR count). The van der Waals surface area contributed by atoms with E-state index in [1.165, 1.54) is 0 Å². The van der Waals surface area contributed by atoms with Crippen molar-refractivity contribution in [3.8, 4) is 5.75 Å². The SMILES string of the molecule is Clc1cccc(O[C@H](c2ccc(Cl)c(Cl)c2)C2CNC2)c1. The van der Waals surface area contributed by atoms with Gasteiger partial charge in [-0.25, -0.2) is 0 Å². The Balaban J connectivity index is 1.88. The Bertz CT molecular complexity index is 643. The molecule has 110 valence electrons. The standard InChI is InChI=1S/C16H14Cl3NO/c17-12-2-1-3-13(7-12)21-16(11-8-20-9-11)10-4-5-14(18)15(19)6-10/h1-7,11,16,20H,8-9H2/t16-/m1/s1. The van der Waals surface area contributed by atoms with Crippen LogP contribution in [0.25, 0.3) is 0 Å². The Hall–Kier alpha value is -0.930. The first-order valence-corrected chi connectivity index (χ1v) is 7.85. The van der Waals surface area contributed by atoms with Crippen molar-refractivity contribution in [2.45, 2.75) is 6.10 Å². The van der Waals surface area contributed by atoms with Crippen molar-refractivity contribution in [3.63, 3.8) is 0 Å². The molecule has 1 atom stereocenters. The highest BCUT2D eigenvalue weighted by Crippen LogP contribution is 2.34. The zero-order valence-corrected chi connectivity index (χ0v) is 13.4. The van der Waals surface area contributed by atoms with Gasteiger partial charge in [0.15, 0.2) is 0 Å². The fraction of sp³-hybridized carbons (Fsp3) is 0.250. The van der Waals surface area contributed by atoms with Gasteiger partial charge in [-0.05, 0) is 35.9 Å². The van der Waals surface area contributed by atoms with Gasteiger partial charge in [0.1, 0.15) is 11.9 Å². The lowest BCUT2D eigenvalue weighted by Crippen LogP contribution is -2.46. The molecule has 0 spiro atoms. The summed E-state index contributed by atoms with van der Waals surface area (Å²) in [4.78, 5) is 0. The molecule has 2 aromatic rings. The highest BCUT2D eigenvalue weighted by atomic mass is 35.5. The minimum absolute atomic E-state index is 0.0699. The van der Waals surface area contributed by atoms with Crippen molar-refractivity contribution in [3.05, 3.63) is 63.1 Å². The molecular formula is C16H14Cl3NO. The number of rotatable bonds is 4. The highest BCUT2D eigenvalue weighted by molar-refractivity contribution is 6.42. The van der Waals surface area contributed by atoms with Crippen LogP contribution in [-0.2, 0) is 0 Å². The number of halogens is 3. The minimum Gasteiger partial charge on any atom is -0.485 e. The molecule has 0 bridgehead atoms. The van der Waals surface area contributed by atoms with E-state index in [2.05, 4.69) is 5.32 Å². The van der Waals surface area contributed by atoms with E-state index >= 15 is 0 Å². The average molecular weight is 343 g/mol. The summed E-state index contributed by atoms with van der Waals surface area (Å²) in [7, 11) is 0. The van der Waals surface area contributed by atoms with E-state index in [-0.39, 0.29) is 6.10 Å². The molecule has 0 radical (unpaired) electrons. The summed E-state index contributed by atoms with van der Waals surface area (Å²) in [6, 6.07) is 13.1. The third kappa shape index (κ3) is 3.46. The van der Waals surface area contributed by atoms with Crippen LogP contribution in [0, 0.1) is 5.92 Å². The molecule has 0 aliphatic carbocycles. The average Bonchev–Trinajstić information content (AvgIpc) is 2.39. The maximum atomic E-state index is 6.15. The Labute approximate surface area is 139 Å². The number of nitrogens with one attached hydrogen (secondary N) is 1. The molecule has 2 nitrogen and oxygen atoms in total. The molecule has 2 aromatic carbocycles. The Morgan fingerprint density at radius 2 is 1.81 bits per heavy atom. The molecule has 1 fully saturated rings. The number of hydrogen-bond donors (Lipinski definition) is 1. The molecule has 1 heterocycles. The summed E-state index contributed by atoms with van der Waals surface area (Å²) in [5, 5.41) is 5.02. The van der Waals surface area contributed by atoms with Gasteiger partial charge in [-0.2, -0.15) is 0 Å². The molecule has 5 heteroatoms. The van der Waals surface area contributed by atoms with Crippen LogP contribution in [0.2, 0.25) is 15.1 Å². The van der Waals surface area contributed by atoms with E-state index in [0.29, 0.717) is 21.0 Å². The first-order valence-electron chi connectivity index (χ1n) is 6.71. The van der Waals surface area contributed by atoms with Gasteiger partial charge in [-0.3, -0.25) is 0 Å². The quantitative estimate of drug-likeness (QED) is 0.845. The second-order valence-corrected chi connectivity index (χ2v) is 6.34. The maximum absolute atomic E-state index is 6.15. The van der Waals surface area contributed by atoms with Crippen LogP contribution >= 0.6 is 34.8 Å². The lowest BCUT2D eigenvalue weighted by Gasteiger charge is -2.35. The van der Waals surface area contributed by atoms with Crippen LogP contribution in [0.1, 0.15) is 11.7 Å². The minimum atomic E-state index is -0.0699. The van der Waals surface area contributed by atoms with Gasteiger partial charge in [0, 0.05) is 24.0 Å². The van der Waals surface area contributed by atoms with E-state index in [4.69, 9.17) is 39.5 Å². The highest BCUT2D eigenvalue weighted by Gasteiger charge is 2.30. The second kappa shape index (κ2) is 6.45. The van der Waals surface area contributed by atoms with Gasteiger partial charge < -0.3 is 10.1 Å². The van der Waals surface area contributed by atoms with E-state index in [1.54, 1.807) is 6.07 Å². The summed E-state index contributed by atoms with van der Waals surface area (Å²) in [5.41, 5.74) is 1.02. The summed E-state index contributed by atoms with van der Waals surface area (Å²) >= 11 is 18.1. The third-order valence-corrected chi connectivity index (χ3v) is 4.55. The predicted molar refractivity (Wildman–Crippen MR) is 87.6 cm³/mol. The van der Waals surface area contributed by atoms with Gasteiger partial charge in [-0.15, -0.1) is 0 Å². The zero-order valence-electron chi connectivity index (χ0n) is 11.2. The molecule has 1 N–H and O–H groups in total. The molecule has 1 saturated heterocycles. The Kier molecular flexibility index (Phi) is 4.60. The Morgan fingerprint density at radius 1 is 1.00 bits per heavy atom. The number of benzene rings is 2. The molecule has 0 aromatic heterocycles. The molecule has 1 aliphatic rings. The van der Waals surface area contributed by atoms with E-state index in [9.17, 15) is 0 Å². The first-order chi connectivity index (χ1) is 10.1. The summed E-state index contributed by atoms with van der Waals surface area (Å²) in [5.74, 6) is 1.16. The summed E-state index contributed by atoms with van der Waals surface area (Å²) in [6.07, 6.45) is -0.0699. The fourth-order valence-electron chi connectivity index (χ4n) is 2.34. The van der Waals surface area contributed by atoms with Crippen LogP contribution in [0.4, 0.5) is 0 Å². The van der Waals surface area contributed by atoms with Crippen molar-refractivity contribution in [2.75, 3.05) is 13.1 Å². The van der Waals surface area contributed by atoms with Crippen molar-refractivity contribution in [2.24, 2.45) is 5.92 Å². The summed E-state index contributed by atoms with van der Waals surface area (Å²) < 4.78 is 6.15. The lowest BCUT2D eigenvalue weighted by atomic mass is 9.91. The van der Waals surface area contributed by atoms with Crippen LogP contribution in [0.5, 0.6) is 5.75 Å². The van der Waals surface area contributed by atoms with Gasteiger partial charge in [0.25, 0.3) is 0 Å². The summed E-state index contributed by atoms with van der Waals surface area (Å²) in [6.45, 7) is 1.84. The molecular weight excluding hydrogens is 329 g/mol. The van der Waals surface area contributed by atoms with Crippen LogP contribution in [-0.4, -0.2) is 13.1 Å². The van der Waals surface area contributed by atoms with Crippen LogP contribution in [0.3, 0.4) is 0 Å². The van der Waals surface area contributed by atoms with Gasteiger partial charge >= 0.3 is 0 Å². The van der Waals surface area contributed by atoms with E-state index in [1.807, 2.05) is 36.4 Å². The van der Waals surface area contributed by atoms with Crippen molar-refractivity contribution >= 4 is 34.8 Å². The zero-order chi connectivity index (χ0) is 14.8. The maximum Gasteiger partial charge on any atom is 0.129 e. The molecule has 0 saturated carbocycles. The molecule has 21 heavy (non-hydrogen) atoms. The fourth-order valence-corrected chi connectivity index (χ4v) is 2.82. The second-order valence-electron chi connectivity index (χ2n) is 5.09. The monoisotopic (exact) mass is 341 g/mol. The van der Waals surface area contributed by atoms with E-state index < -0.39 is 0 Å². The van der Waals surface area contributed by atoms with E-state index in [0.717, 1.165) is 24.4 Å². The van der Waals surface area contributed by atoms with Gasteiger partial charge in [0.05, 0.1) is 10.0 Å². The Morgan fingerprint density at radius 3 is 2.43 bits per heavy atom. The molecule has 0 amide bonds. The first kappa shape index (κ1) is 15.0. The molecule has 1 aliphatic heterocycles. The third-order valence-electron chi connectivity index (χ3n) is 3.57. The van der Waals surface area contributed by atoms with Crippen molar-refractivity contribution in [1.29, 1.82) is 0 Å². The van der Waals surface area contributed by atoms with Crippen LogP contribution in [0.15, 0.2) is 42.5 Å². The smallest absolute Gasteiger partial charge is 0.129 e. The van der Waals surface area contributed by atoms with Crippen molar-refractivity contribution in [1.82, 2.24) is 5.32 Å². The number of hydrogen-bond acceptors (Lipinski definition) is 2.